The van der Waals surface area contributed by atoms with Crippen molar-refractivity contribution >= 4 is 17.5 Å². The second-order valence-electron chi connectivity index (χ2n) is 5.76. The quantitative estimate of drug-likeness (QED) is 0.437. The van der Waals surface area contributed by atoms with Crippen molar-refractivity contribution in [2.24, 2.45) is 5.73 Å². The predicted molar refractivity (Wildman–Crippen MR) is 96.2 cm³/mol. The maximum absolute atomic E-state index is 13.7. The van der Waals surface area contributed by atoms with Gasteiger partial charge in [-0.1, -0.05) is 18.2 Å². The summed E-state index contributed by atoms with van der Waals surface area (Å²) in [6.45, 7) is 0.130. The van der Waals surface area contributed by atoms with Crippen molar-refractivity contribution in [1.29, 1.82) is 0 Å². The van der Waals surface area contributed by atoms with E-state index < -0.39 is 17.5 Å². The van der Waals surface area contributed by atoms with Crippen molar-refractivity contribution in [1.82, 2.24) is 10.2 Å². The van der Waals surface area contributed by atoms with E-state index in [0.717, 1.165) is 17.7 Å². The van der Waals surface area contributed by atoms with Gasteiger partial charge in [-0.05, 0) is 29.8 Å². The molecule has 9 heteroatoms. The van der Waals surface area contributed by atoms with E-state index in [0.29, 0.717) is 6.54 Å². The minimum Gasteiger partial charge on any atom is -0.508 e. The molecule has 3 rings (SSSR count). The van der Waals surface area contributed by atoms with Gasteiger partial charge < -0.3 is 21.5 Å². The Morgan fingerprint density at radius 1 is 1.07 bits per heavy atom. The van der Waals surface area contributed by atoms with Crippen LogP contribution in [0, 0.1) is 11.6 Å². The van der Waals surface area contributed by atoms with E-state index in [1.54, 1.807) is 12.1 Å². The Balaban J connectivity index is 1.75. The number of rotatable bonds is 7. The van der Waals surface area contributed by atoms with Gasteiger partial charge in [0.2, 0.25) is 0 Å². The summed E-state index contributed by atoms with van der Waals surface area (Å²) in [5, 5.41) is 21.6. The number of carbonyl (C=O) groups is 1. The van der Waals surface area contributed by atoms with Crippen molar-refractivity contribution in [2.45, 2.75) is 13.1 Å². The lowest BCUT2D eigenvalue weighted by Crippen LogP contribution is -2.16. The standard InChI is InChI=1S/C18H17F2N5O2/c19-13-2-1-3-14(20)12(13)9-23-18-15(16(21)27)17(24-25-18)22-8-10-4-6-11(26)7-5-10/h1-7,26H,8-9H2,(H2,21,27)(H3,22,23,24,25). The number of phenols is 1. The molecule has 1 amide bonds. The normalized spacial score (nSPS) is 10.6. The van der Waals surface area contributed by atoms with Gasteiger partial charge in [-0.25, -0.2) is 8.78 Å². The number of nitrogens with one attached hydrogen (secondary N) is 3. The maximum Gasteiger partial charge on any atom is 0.256 e. The van der Waals surface area contributed by atoms with E-state index in [-0.39, 0.29) is 35.1 Å². The van der Waals surface area contributed by atoms with Gasteiger partial charge in [0.1, 0.15) is 28.8 Å². The molecule has 0 aliphatic carbocycles. The number of H-pyrrole nitrogens is 1. The van der Waals surface area contributed by atoms with Crippen molar-refractivity contribution in [3.63, 3.8) is 0 Å². The Morgan fingerprint density at radius 3 is 2.37 bits per heavy atom. The second kappa shape index (κ2) is 7.73. The van der Waals surface area contributed by atoms with Crippen LogP contribution in [-0.2, 0) is 13.1 Å². The zero-order chi connectivity index (χ0) is 19.4. The Hall–Kier alpha value is -3.62. The molecule has 0 unspecified atom stereocenters. The summed E-state index contributed by atoms with van der Waals surface area (Å²) >= 11 is 0. The molecule has 0 bridgehead atoms. The summed E-state index contributed by atoms with van der Waals surface area (Å²) in [6, 6.07) is 10.0. The molecule has 0 saturated carbocycles. The van der Waals surface area contributed by atoms with Crippen molar-refractivity contribution in [2.75, 3.05) is 10.6 Å². The van der Waals surface area contributed by atoms with Gasteiger partial charge in [0.05, 0.1) is 0 Å². The predicted octanol–water partition coefficient (Wildman–Crippen LogP) is 2.72. The lowest BCUT2D eigenvalue weighted by Gasteiger charge is -2.08. The van der Waals surface area contributed by atoms with Crippen LogP contribution in [0.3, 0.4) is 0 Å². The SMILES string of the molecule is NC(=O)c1c(NCc2c(F)cccc2F)n[nH]c1NCc1ccc(O)cc1. The third-order valence-electron chi connectivity index (χ3n) is 3.91. The molecule has 6 N–H and O–H groups in total. The highest BCUT2D eigenvalue weighted by molar-refractivity contribution is 6.02. The van der Waals surface area contributed by atoms with Gasteiger partial charge in [-0.3, -0.25) is 9.89 Å². The van der Waals surface area contributed by atoms with E-state index in [4.69, 9.17) is 5.73 Å². The zero-order valence-electron chi connectivity index (χ0n) is 14.1. The van der Waals surface area contributed by atoms with Crippen LogP contribution in [0.5, 0.6) is 5.75 Å². The first-order chi connectivity index (χ1) is 13.0. The number of carbonyl (C=O) groups excluding carboxylic acids is 1. The number of hydrogen-bond acceptors (Lipinski definition) is 5. The summed E-state index contributed by atoms with van der Waals surface area (Å²) in [4.78, 5) is 11.8. The monoisotopic (exact) mass is 373 g/mol. The number of hydrogen-bond donors (Lipinski definition) is 5. The third-order valence-corrected chi connectivity index (χ3v) is 3.91. The number of aromatic hydroxyl groups is 1. The highest BCUT2D eigenvalue weighted by Gasteiger charge is 2.19. The smallest absolute Gasteiger partial charge is 0.256 e. The average molecular weight is 373 g/mol. The van der Waals surface area contributed by atoms with Crippen molar-refractivity contribution in [3.8, 4) is 5.75 Å². The lowest BCUT2D eigenvalue weighted by molar-refractivity contribution is 0.100. The fraction of sp³-hybridized carbons (Fsp3) is 0.111. The molecule has 0 aliphatic rings. The van der Waals surface area contributed by atoms with Crippen LogP contribution in [0.25, 0.3) is 0 Å². The van der Waals surface area contributed by atoms with Crippen molar-refractivity contribution in [3.05, 3.63) is 70.8 Å². The van der Waals surface area contributed by atoms with E-state index in [2.05, 4.69) is 20.8 Å². The first kappa shape index (κ1) is 18.2. The molecule has 1 heterocycles. The Bertz CT molecular complexity index is 937. The van der Waals surface area contributed by atoms with Gasteiger partial charge in [0.15, 0.2) is 5.82 Å². The molecule has 140 valence electrons. The summed E-state index contributed by atoms with van der Waals surface area (Å²) < 4.78 is 27.4. The molecular formula is C18H17F2N5O2. The molecule has 1 aromatic heterocycles. The molecule has 0 atom stereocenters. The van der Waals surface area contributed by atoms with E-state index >= 15 is 0 Å². The molecular weight excluding hydrogens is 356 g/mol. The molecule has 0 radical (unpaired) electrons. The van der Waals surface area contributed by atoms with E-state index in [1.165, 1.54) is 18.2 Å². The highest BCUT2D eigenvalue weighted by atomic mass is 19.1. The number of primary amides is 1. The number of phenolic OH excluding ortho intramolecular Hbond substituents is 1. The number of aromatic nitrogens is 2. The van der Waals surface area contributed by atoms with Gasteiger partial charge in [-0.15, -0.1) is 0 Å². The molecule has 0 aliphatic heterocycles. The first-order valence-electron chi connectivity index (χ1n) is 8.02. The molecule has 0 spiro atoms. The minimum absolute atomic E-state index is 0.0468. The van der Waals surface area contributed by atoms with Crippen molar-refractivity contribution < 1.29 is 18.7 Å². The summed E-state index contributed by atoms with van der Waals surface area (Å²) in [7, 11) is 0. The van der Waals surface area contributed by atoms with Crippen LogP contribution in [0.4, 0.5) is 20.4 Å². The van der Waals surface area contributed by atoms with Crippen LogP contribution in [0.15, 0.2) is 42.5 Å². The molecule has 0 fully saturated rings. The van der Waals surface area contributed by atoms with Crippen LogP contribution in [0.2, 0.25) is 0 Å². The lowest BCUT2D eigenvalue weighted by atomic mass is 10.2. The number of anilines is 2. The Morgan fingerprint density at radius 2 is 1.74 bits per heavy atom. The number of halogens is 2. The number of aromatic amines is 1. The first-order valence-corrected chi connectivity index (χ1v) is 8.02. The minimum atomic E-state index is -0.756. The zero-order valence-corrected chi connectivity index (χ0v) is 14.1. The topological polar surface area (TPSA) is 116 Å². The maximum atomic E-state index is 13.7. The molecule has 0 saturated heterocycles. The fourth-order valence-electron chi connectivity index (χ4n) is 2.52. The van der Waals surface area contributed by atoms with Gasteiger partial charge in [0.25, 0.3) is 5.91 Å². The fourth-order valence-corrected chi connectivity index (χ4v) is 2.52. The van der Waals surface area contributed by atoms with Crippen LogP contribution >= 0.6 is 0 Å². The molecule has 2 aromatic carbocycles. The second-order valence-corrected chi connectivity index (χ2v) is 5.76. The van der Waals surface area contributed by atoms with Gasteiger partial charge >= 0.3 is 0 Å². The number of nitrogens with two attached hydrogens (primary N) is 1. The summed E-state index contributed by atoms with van der Waals surface area (Å²) in [5.41, 5.74) is 6.14. The van der Waals surface area contributed by atoms with Gasteiger partial charge in [-0.2, -0.15) is 5.10 Å². The number of nitrogens with zero attached hydrogens (tertiary/aromatic N) is 1. The Labute approximate surface area is 153 Å². The Kier molecular flexibility index (Phi) is 5.20. The molecule has 7 nitrogen and oxygen atoms in total. The van der Waals surface area contributed by atoms with E-state index in [9.17, 15) is 18.7 Å². The largest absolute Gasteiger partial charge is 0.508 e. The van der Waals surface area contributed by atoms with Crippen LogP contribution in [-0.4, -0.2) is 21.2 Å². The molecule has 3 aromatic rings. The van der Waals surface area contributed by atoms with Crippen LogP contribution in [0.1, 0.15) is 21.5 Å². The highest BCUT2D eigenvalue weighted by Crippen LogP contribution is 2.23. The summed E-state index contributed by atoms with van der Waals surface area (Å²) in [5.74, 6) is -1.67. The average Bonchev–Trinajstić information content (AvgIpc) is 3.04. The number of amides is 1. The summed E-state index contributed by atoms with van der Waals surface area (Å²) in [6.07, 6.45) is 0. The number of benzene rings is 2. The van der Waals surface area contributed by atoms with Gasteiger partial charge in [0, 0.05) is 18.7 Å². The van der Waals surface area contributed by atoms with Crippen LogP contribution < -0.4 is 16.4 Å². The molecule has 27 heavy (non-hydrogen) atoms. The third kappa shape index (κ3) is 4.14. The van der Waals surface area contributed by atoms with E-state index in [1.807, 2.05) is 0 Å².